The number of fused-ring (bicyclic) bond motifs is 6. The number of para-hydroxylation sites is 1. The Labute approximate surface area is 268 Å². The number of hydrogen-bond donors (Lipinski definition) is 0. The van der Waals surface area contributed by atoms with E-state index in [2.05, 4.69) is 131 Å². The number of hydrogen-bond acceptors (Lipinski definition) is 2. The first kappa shape index (κ1) is 26.9. The number of rotatable bonds is 5. The Morgan fingerprint density at radius 3 is 2.20 bits per heavy atom. The summed E-state index contributed by atoms with van der Waals surface area (Å²) >= 11 is 0. The van der Waals surface area contributed by atoms with Crippen LogP contribution in [-0.2, 0) is 12.8 Å². The lowest BCUT2D eigenvalue weighted by Crippen LogP contribution is -2.10. The Hall–Kier alpha value is -5.48. The van der Waals surface area contributed by atoms with Gasteiger partial charge in [-0.05, 0) is 96.5 Å². The SMILES string of the molecule is CC1C=C(Cc2ccc(-n3c4c(c5ncccc53)C=CCC4)cc2)C=CC1c1ccc(-n2c3ccccc3c3ncccc32)cc1. The Bertz CT molecular complexity index is 2290. The lowest BCUT2D eigenvalue weighted by molar-refractivity contribution is 0.628. The molecular formula is C42H34N4. The van der Waals surface area contributed by atoms with Gasteiger partial charge >= 0.3 is 0 Å². The van der Waals surface area contributed by atoms with Crippen molar-refractivity contribution in [1.82, 2.24) is 19.1 Å². The molecule has 0 N–H and O–H groups in total. The smallest absolute Gasteiger partial charge is 0.0963 e. The summed E-state index contributed by atoms with van der Waals surface area (Å²) in [7, 11) is 0. The largest absolute Gasteiger partial charge is 0.311 e. The van der Waals surface area contributed by atoms with Crippen LogP contribution in [0.4, 0.5) is 0 Å². The van der Waals surface area contributed by atoms with Crippen LogP contribution in [0.25, 0.3) is 50.4 Å². The van der Waals surface area contributed by atoms with Crippen molar-refractivity contribution in [3.05, 3.63) is 162 Å². The highest BCUT2D eigenvalue weighted by Gasteiger charge is 2.21. The molecule has 0 saturated heterocycles. The van der Waals surface area contributed by atoms with Crippen molar-refractivity contribution < 1.29 is 0 Å². The zero-order valence-electron chi connectivity index (χ0n) is 25.8. The Morgan fingerprint density at radius 1 is 0.696 bits per heavy atom. The van der Waals surface area contributed by atoms with Crippen LogP contribution in [0.2, 0.25) is 0 Å². The molecule has 0 spiro atoms. The molecule has 46 heavy (non-hydrogen) atoms. The molecule has 3 aromatic carbocycles. The monoisotopic (exact) mass is 594 g/mol. The van der Waals surface area contributed by atoms with Gasteiger partial charge in [0.2, 0.25) is 0 Å². The van der Waals surface area contributed by atoms with Crippen molar-refractivity contribution in [2.75, 3.05) is 0 Å². The molecule has 4 nitrogen and oxygen atoms in total. The van der Waals surface area contributed by atoms with Crippen LogP contribution >= 0.6 is 0 Å². The molecular weight excluding hydrogens is 560 g/mol. The molecule has 4 aromatic heterocycles. The molecule has 7 aromatic rings. The molecule has 0 amide bonds. The molecule has 2 aliphatic rings. The summed E-state index contributed by atoms with van der Waals surface area (Å²) in [6.45, 7) is 2.34. The molecule has 2 atom stereocenters. The van der Waals surface area contributed by atoms with Crippen LogP contribution in [0.3, 0.4) is 0 Å². The Kier molecular flexibility index (Phi) is 6.34. The molecule has 0 radical (unpaired) electrons. The van der Waals surface area contributed by atoms with Crippen LogP contribution in [0.5, 0.6) is 0 Å². The van der Waals surface area contributed by atoms with E-state index in [1.54, 1.807) is 0 Å². The van der Waals surface area contributed by atoms with E-state index in [-0.39, 0.29) is 0 Å². The minimum Gasteiger partial charge on any atom is -0.311 e. The first-order valence-corrected chi connectivity index (χ1v) is 16.3. The third-order valence-corrected chi connectivity index (χ3v) is 9.82. The number of pyridine rings is 2. The van der Waals surface area contributed by atoms with E-state index in [9.17, 15) is 0 Å². The van der Waals surface area contributed by atoms with E-state index in [4.69, 9.17) is 9.97 Å². The standard InChI is InChI=1S/C42H34N4/c1-28-26-30(27-29-14-19-32(20-15-29)45-37-10-4-2-8-35(37)41-39(45)12-6-24-43-41)16-23-34(28)31-17-21-33(22-18-31)46-38-11-5-3-9-36(38)42-40(46)13-7-25-44-42/h2-3,5-9,11-26,28,34H,4,10,27H2,1H3. The molecule has 0 bridgehead atoms. The summed E-state index contributed by atoms with van der Waals surface area (Å²) in [6, 6.07) is 35.2. The number of aromatic nitrogens is 4. The summed E-state index contributed by atoms with van der Waals surface area (Å²) in [4.78, 5) is 9.41. The van der Waals surface area contributed by atoms with Crippen molar-refractivity contribution in [3.63, 3.8) is 0 Å². The van der Waals surface area contributed by atoms with E-state index in [1.165, 1.54) is 50.1 Å². The molecule has 0 aliphatic heterocycles. The second-order valence-corrected chi connectivity index (χ2v) is 12.7. The predicted octanol–water partition coefficient (Wildman–Crippen LogP) is 9.94. The van der Waals surface area contributed by atoms with E-state index in [0.717, 1.165) is 41.5 Å². The fourth-order valence-electron chi connectivity index (χ4n) is 7.66. The fourth-order valence-corrected chi connectivity index (χ4v) is 7.66. The molecule has 0 fully saturated rings. The van der Waals surface area contributed by atoms with Crippen LogP contribution in [0, 0.1) is 5.92 Å². The maximum Gasteiger partial charge on any atom is 0.0963 e. The van der Waals surface area contributed by atoms with Crippen LogP contribution in [0.15, 0.2) is 139 Å². The van der Waals surface area contributed by atoms with Gasteiger partial charge in [0.1, 0.15) is 0 Å². The molecule has 4 heteroatoms. The lowest BCUT2D eigenvalue weighted by atomic mass is 9.81. The van der Waals surface area contributed by atoms with Crippen molar-refractivity contribution in [3.8, 4) is 11.4 Å². The van der Waals surface area contributed by atoms with Crippen LogP contribution in [0.1, 0.15) is 41.6 Å². The molecule has 4 heterocycles. The number of allylic oxidation sites excluding steroid dienone is 5. The van der Waals surface area contributed by atoms with Gasteiger partial charge < -0.3 is 9.13 Å². The van der Waals surface area contributed by atoms with Crippen molar-refractivity contribution in [1.29, 1.82) is 0 Å². The van der Waals surface area contributed by atoms with Crippen LogP contribution in [-0.4, -0.2) is 19.1 Å². The summed E-state index contributed by atoms with van der Waals surface area (Å²) < 4.78 is 4.73. The van der Waals surface area contributed by atoms with Gasteiger partial charge in [0.15, 0.2) is 0 Å². The van der Waals surface area contributed by atoms with Crippen LogP contribution < -0.4 is 0 Å². The maximum absolute atomic E-state index is 4.72. The third kappa shape index (κ3) is 4.36. The topological polar surface area (TPSA) is 35.6 Å². The van der Waals surface area contributed by atoms with Gasteiger partial charge in [-0.15, -0.1) is 0 Å². The second-order valence-electron chi connectivity index (χ2n) is 12.7. The van der Waals surface area contributed by atoms with Gasteiger partial charge in [0.05, 0.1) is 27.6 Å². The lowest BCUT2D eigenvalue weighted by Gasteiger charge is -2.24. The first-order chi connectivity index (χ1) is 22.7. The number of nitrogens with zero attached hydrogens (tertiary/aromatic N) is 4. The zero-order valence-corrected chi connectivity index (χ0v) is 25.8. The Morgan fingerprint density at radius 2 is 1.39 bits per heavy atom. The number of benzene rings is 3. The van der Waals surface area contributed by atoms with Gasteiger partial charge in [-0.1, -0.05) is 79.8 Å². The average Bonchev–Trinajstić information content (AvgIpc) is 3.62. The maximum atomic E-state index is 4.72. The van der Waals surface area contributed by atoms with Gasteiger partial charge in [-0.3, -0.25) is 9.97 Å². The highest BCUT2D eigenvalue weighted by Crippen LogP contribution is 2.36. The molecule has 9 rings (SSSR count). The van der Waals surface area contributed by atoms with Gasteiger partial charge in [-0.25, -0.2) is 0 Å². The van der Waals surface area contributed by atoms with E-state index < -0.39 is 0 Å². The third-order valence-electron chi connectivity index (χ3n) is 9.82. The molecule has 0 saturated carbocycles. The highest BCUT2D eigenvalue weighted by molar-refractivity contribution is 6.06. The Balaban J connectivity index is 0.943. The van der Waals surface area contributed by atoms with Crippen molar-refractivity contribution >= 4 is 39.0 Å². The molecule has 2 unspecified atom stereocenters. The van der Waals surface area contributed by atoms with Gasteiger partial charge in [0.25, 0.3) is 0 Å². The van der Waals surface area contributed by atoms with Crippen molar-refractivity contribution in [2.45, 2.75) is 32.1 Å². The van der Waals surface area contributed by atoms with E-state index in [0.29, 0.717) is 11.8 Å². The van der Waals surface area contributed by atoms with Crippen molar-refractivity contribution in [2.24, 2.45) is 5.92 Å². The summed E-state index contributed by atoms with van der Waals surface area (Å²) in [5.74, 6) is 0.775. The fraction of sp³-hybridized carbons (Fsp3) is 0.143. The predicted molar refractivity (Wildman–Crippen MR) is 190 cm³/mol. The second kappa shape index (κ2) is 10.8. The zero-order chi connectivity index (χ0) is 30.6. The summed E-state index contributed by atoms with van der Waals surface area (Å²) in [5, 5.41) is 1.19. The van der Waals surface area contributed by atoms with Gasteiger partial charge in [-0.2, -0.15) is 0 Å². The summed E-state index contributed by atoms with van der Waals surface area (Å²) in [5.41, 5.74) is 14.7. The highest BCUT2D eigenvalue weighted by atomic mass is 15.0. The quantitative estimate of drug-likeness (QED) is 0.199. The van der Waals surface area contributed by atoms with E-state index >= 15 is 0 Å². The van der Waals surface area contributed by atoms with E-state index in [1.807, 2.05) is 24.5 Å². The molecule has 2 aliphatic carbocycles. The average molecular weight is 595 g/mol. The van der Waals surface area contributed by atoms with Gasteiger partial charge in [0, 0.05) is 46.3 Å². The molecule has 222 valence electrons. The normalized spacial score (nSPS) is 17.5. The first-order valence-electron chi connectivity index (χ1n) is 16.3. The summed E-state index contributed by atoms with van der Waals surface area (Å²) in [6.07, 6.45) is 18.5. The minimum atomic E-state index is 0.357. The minimum absolute atomic E-state index is 0.357.